The SMILES string of the molecule is O=C(c1ccccc1)C(O)[C@H]1OC(O)(Br)C(F)(F)[C@@]1(O)C(=O)c1ccccc1. The van der Waals surface area contributed by atoms with E-state index in [9.17, 15) is 33.7 Å². The van der Waals surface area contributed by atoms with E-state index >= 15 is 0 Å². The topological polar surface area (TPSA) is 104 Å². The number of aliphatic hydroxyl groups excluding tert-OH is 1. The molecule has 3 N–H and O–H groups in total. The fourth-order valence-electron chi connectivity index (χ4n) is 3.03. The molecule has 1 aliphatic rings. The van der Waals surface area contributed by atoms with Crippen molar-refractivity contribution >= 4 is 27.5 Å². The quantitative estimate of drug-likeness (QED) is 0.469. The van der Waals surface area contributed by atoms with Gasteiger partial charge in [0.15, 0.2) is 5.78 Å². The third-order valence-corrected chi connectivity index (χ3v) is 5.24. The Bertz CT molecular complexity index is 890. The van der Waals surface area contributed by atoms with Crippen LogP contribution in [-0.4, -0.2) is 55.3 Å². The second-order valence-electron chi connectivity index (χ2n) is 6.31. The van der Waals surface area contributed by atoms with Crippen LogP contribution >= 0.6 is 15.9 Å². The number of halogens is 3. The van der Waals surface area contributed by atoms with E-state index in [0.29, 0.717) is 0 Å². The van der Waals surface area contributed by atoms with Crippen LogP contribution in [0.5, 0.6) is 0 Å². The van der Waals surface area contributed by atoms with Crippen molar-refractivity contribution in [2.45, 2.75) is 28.4 Å². The van der Waals surface area contributed by atoms with Gasteiger partial charge in [0, 0.05) is 11.1 Å². The van der Waals surface area contributed by atoms with E-state index in [0.717, 1.165) is 0 Å². The van der Waals surface area contributed by atoms with Crippen molar-refractivity contribution in [3.8, 4) is 0 Å². The largest absolute Gasteiger partial charge is 0.382 e. The monoisotopic (exact) mass is 456 g/mol. The summed E-state index contributed by atoms with van der Waals surface area (Å²) in [5, 5.41) is 31.1. The Morgan fingerprint density at radius 3 is 1.93 bits per heavy atom. The number of carbonyl (C=O) groups excluding carboxylic acids is 2. The summed E-state index contributed by atoms with van der Waals surface area (Å²) in [4.78, 5) is 25.3. The predicted molar refractivity (Wildman–Crippen MR) is 96.2 cm³/mol. The van der Waals surface area contributed by atoms with Crippen molar-refractivity contribution in [1.82, 2.24) is 0 Å². The van der Waals surface area contributed by atoms with Crippen molar-refractivity contribution in [2.75, 3.05) is 0 Å². The van der Waals surface area contributed by atoms with Gasteiger partial charge in [-0.25, -0.2) is 0 Å². The first-order chi connectivity index (χ1) is 13.0. The minimum atomic E-state index is -4.60. The smallest absolute Gasteiger partial charge is 0.349 e. The molecule has 0 saturated carbocycles. The molecule has 4 atom stereocenters. The van der Waals surface area contributed by atoms with E-state index in [-0.39, 0.29) is 11.1 Å². The Hall–Kier alpha value is -2.04. The molecule has 0 aromatic heterocycles. The second kappa shape index (κ2) is 7.09. The summed E-state index contributed by atoms with van der Waals surface area (Å²) in [6.45, 7) is 0. The van der Waals surface area contributed by atoms with Gasteiger partial charge in [-0.1, -0.05) is 60.7 Å². The molecule has 0 spiro atoms. The third-order valence-electron chi connectivity index (χ3n) is 4.56. The second-order valence-corrected chi connectivity index (χ2v) is 7.39. The first kappa shape index (κ1) is 20.7. The summed E-state index contributed by atoms with van der Waals surface area (Å²) in [5.74, 6) is -7.18. The molecule has 0 amide bonds. The van der Waals surface area contributed by atoms with Gasteiger partial charge < -0.3 is 20.1 Å². The van der Waals surface area contributed by atoms with Crippen LogP contribution in [0.1, 0.15) is 20.7 Å². The molecule has 6 nitrogen and oxygen atoms in total. The molecular formula is C19H15BrF2O6. The molecule has 1 saturated heterocycles. The zero-order valence-corrected chi connectivity index (χ0v) is 15.7. The molecule has 9 heteroatoms. The summed E-state index contributed by atoms with van der Waals surface area (Å²) in [5.41, 5.74) is -4.10. The van der Waals surface area contributed by atoms with E-state index in [4.69, 9.17) is 4.74 Å². The van der Waals surface area contributed by atoms with Crippen LogP contribution in [0.3, 0.4) is 0 Å². The molecule has 1 heterocycles. The van der Waals surface area contributed by atoms with Crippen LogP contribution in [-0.2, 0) is 4.74 Å². The lowest BCUT2D eigenvalue weighted by atomic mass is 9.80. The Balaban J connectivity index is 2.08. The van der Waals surface area contributed by atoms with Crippen LogP contribution < -0.4 is 0 Å². The van der Waals surface area contributed by atoms with E-state index in [1.54, 1.807) is 6.07 Å². The maximum Gasteiger partial charge on any atom is 0.349 e. The average Bonchev–Trinajstić information content (AvgIpc) is 2.84. The van der Waals surface area contributed by atoms with E-state index in [1.165, 1.54) is 54.6 Å². The first-order valence-electron chi connectivity index (χ1n) is 8.10. The van der Waals surface area contributed by atoms with Crippen LogP contribution in [0.15, 0.2) is 60.7 Å². The van der Waals surface area contributed by atoms with Gasteiger partial charge in [-0.2, -0.15) is 8.78 Å². The molecule has 0 bridgehead atoms. The summed E-state index contributed by atoms with van der Waals surface area (Å²) < 4.78 is 31.0. The summed E-state index contributed by atoms with van der Waals surface area (Å²) in [7, 11) is 0. The van der Waals surface area contributed by atoms with Crippen LogP contribution in [0.2, 0.25) is 0 Å². The number of benzene rings is 2. The molecule has 1 fully saturated rings. The van der Waals surface area contributed by atoms with Crippen molar-refractivity contribution in [2.24, 2.45) is 0 Å². The minimum absolute atomic E-state index is 0.0542. The molecule has 28 heavy (non-hydrogen) atoms. The maximum absolute atomic E-state index is 14.9. The normalized spacial score (nSPS) is 30.0. The first-order valence-corrected chi connectivity index (χ1v) is 8.90. The summed E-state index contributed by atoms with van der Waals surface area (Å²) >= 11 is 2.24. The number of aliphatic hydroxyl groups is 3. The predicted octanol–water partition coefficient (Wildman–Crippen LogP) is 1.92. The lowest BCUT2D eigenvalue weighted by Gasteiger charge is -2.33. The number of alkyl halides is 3. The zero-order chi connectivity index (χ0) is 20.7. The van der Waals surface area contributed by atoms with Crippen molar-refractivity contribution in [3.63, 3.8) is 0 Å². The molecule has 2 aromatic rings. The third kappa shape index (κ3) is 2.99. The highest BCUT2D eigenvalue weighted by atomic mass is 79.9. The number of hydrogen-bond donors (Lipinski definition) is 3. The van der Waals surface area contributed by atoms with Crippen molar-refractivity contribution in [1.29, 1.82) is 0 Å². The molecule has 0 aliphatic carbocycles. The van der Waals surface area contributed by atoms with Gasteiger partial charge >= 0.3 is 5.92 Å². The molecule has 1 aliphatic heterocycles. The van der Waals surface area contributed by atoms with Gasteiger partial charge in [0.2, 0.25) is 11.4 Å². The van der Waals surface area contributed by atoms with E-state index in [2.05, 4.69) is 15.9 Å². The number of hydrogen-bond acceptors (Lipinski definition) is 6. The van der Waals surface area contributed by atoms with Gasteiger partial charge in [0.25, 0.3) is 4.70 Å². The molecule has 2 aromatic carbocycles. The average molecular weight is 457 g/mol. The van der Waals surface area contributed by atoms with Gasteiger partial charge in [0.05, 0.1) is 0 Å². The molecule has 148 valence electrons. The Kier molecular flexibility index (Phi) is 5.24. The molecule has 2 unspecified atom stereocenters. The number of Topliss-reactive ketones (excluding diaryl/α,β-unsaturated/α-hetero) is 2. The van der Waals surface area contributed by atoms with Gasteiger partial charge in [-0.15, -0.1) is 0 Å². The Labute approximate surface area is 166 Å². The maximum atomic E-state index is 14.9. The minimum Gasteiger partial charge on any atom is -0.382 e. The van der Waals surface area contributed by atoms with Crippen LogP contribution in [0.4, 0.5) is 8.78 Å². The lowest BCUT2D eigenvalue weighted by molar-refractivity contribution is -0.228. The highest BCUT2D eigenvalue weighted by molar-refractivity contribution is 9.10. The molecular weight excluding hydrogens is 442 g/mol. The van der Waals surface area contributed by atoms with Crippen LogP contribution in [0, 0.1) is 0 Å². The van der Waals surface area contributed by atoms with Crippen LogP contribution in [0.25, 0.3) is 0 Å². The fraction of sp³-hybridized carbons (Fsp3) is 0.263. The summed E-state index contributed by atoms with van der Waals surface area (Å²) in [6, 6.07) is 13.8. The number of ketones is 2. The highest BCUT2D eigenvalue weighted by Crippen LogP contribution is 2.54. The van der Waals surface area contributed by atoms with Gasteiger partial charge in [-0.05, 0) is 15.9 Å². The number of rotatable bonds is 5. The van der Waals surface area contributed by atoms with Gasteiger partial charge in [0.1, 0.15) is 12.2 Å². The lowest BCUT2D eigenvalue weighted by Crippen LogP contribution is -2.63. The Morgan fingerprint density at radius 2 is 1.43 bits per heavy atom. The number of ether oxygens (including phenoxy) is 1. The van der Waals surface area contributed by atoms with E-state index in [1.807, 2.05) is 0 Å². The van der Waals surface area contributed by atoms with Gasteiger partial charge in [-0.3, -0.25) is 9.59 Å². The standard InChI is InChI=1S/C19H15BrF2O6/c20-19(27)18(21,22)17(26,15(25)12-9-5-2-6-10-12)16(28-19)14(24)13(23)11-7-3-1-4-8-11/h1-10,14,16,24,26-27H/t14?,16-,17-,19?/m1/s1. The summed E-state index contributed by atoms with van der Waals surface area (Å²) in [6.07, 6.45) is -4.82. The number of carbonyl (C=O) groups is 2. The zero-order valence-electron chi connectivity index (χ0n) is 14.1. The fourth-order valence-corrected chi connectivity index (χ4v) is 3.53. The molecule has 3 rings (SSSR count). The molecule has 0 radical (unpaired) electrons. The van der Waals surface area contributed by atoms with Crippen molar-refractivity contribution in [3.05, 3.63) is 71.8 Å². The Morgan fingerprint density at radius 1 is 0.964 bits per heavy atom. The highest BCUT2D eigenvalue weighted by Gasteiger charge is 2.80. The van der Waals surface area contributed by atoms with Crippen molar-refractivity contribution < 1.29 is 38.4 Å². The van der Waals surface area contributed by atoms with E-state index < -0.39 is 40.0 Å².